The van der Waals surface area contributed by atoms with Crippen LogP contribution in [0.25, 0.3) is 11.1 Å². The summed E-state index contributed by atoms with van der Waals surface area (Å²) in [7, 11) is 0. The molecule has 0 amide bonds. The fraction of sp³-hybridized carbons (Fsp3) is 0.350. The number of aliphatic hydroxyl groups excluding tert-OH is 1. The molecule has 0 spiro atoms. The van der Waals surface area contributed by atoms with Crippen molar-refractivity contribution in [3.8, 4) is 11.1 Å². The van der Waals surface area contributed by atoms with E-state index in [2.05, 4.69) is 0 Å². The van der Waals surface area contributed by atoms with E-state index < -0.39 is 6.10 Å². The maximum absolute atomic E-state index is 11.5. The average Bonchev–Trinajstić information content (AvgIpc) is 2.60. The lowest BCUT2D eigenvalue weighted by Gasteiger charge is -2.21. The Morgan fingerprint density at radius 2 is 1.74 bits per heavy atom. The highest BCUT2D eigenvalue weighted by atomic mass is 16.5. The smallest absolute Gasteiger partial charge is 0.305 e. The minimum atomic E-state index is -0.610. The minimum absolute atomic E-state index is 0.0238. The Balaban J connectivity index is 2.13. The summed E-state index contributed by atoms with van der Waals surface area (Å²) in [6.07, 6.45) is 0.323. The maximum atomic E-state index is 11.5. The molecule has 0 aliphatic rings. The van der Waals surface area contributed by atoms with E-state index in [9.17, 15) is 9.90 Å². The summed E-state index contributed by atoms with van der Waals surface area (Å²) in [5.41, 5.74) is 3.01. The molecule has 2 aromatic carbocycles. The second-order valence-corrected chi connectivity index (χ2v) is 5.72. The summed E-state index contributed by atoms with van der Waals surface area (Å²) >= 11 is 0. The van der Waals surface area contributed by atoms with Crippen LogP contribution in [-0.2, 0) is 9.53 Å². The van der Waals surface area contributed by atoms with E-state index >= 15 is 0 Å². The molecule has 3 nitrogen and oxygen atoms in total. The van der Waals surface area contributed by atoms with Gasteiger partial charge < -0.3 is 9.84 Å². The first-order valence-corrected chi connectivity index (χ1v) is 8.11. The highest BCUT2D eigenvalue weighted by Crippen LogP contribution is 2.33. The summed E-state index contributed by atoms with van der Waals surface area (Å²) in [6.45, 7) is 4.16. The Morgan fingerprint density at radius 1 is 1.09 bits per heavy atom. The van der Waals surface area contributed by atoms with Crippen LogP contribution in [0.5, 0.6) is 0 Å². The van der Waals surface area contributed by atoms with Crippen LogP contribution >= 0.6 is 0 Å². The summed E-state index contributed by atoms with van der Waals surface area (Å²) in [5.74, 6) is -0.229. The topological polar surface area (TPSA) is 46.5 Å². The van der Waals surface area contributed by atoms with E-state index in [0.29, 0.717) is 19.4 Å². The number of rotatable bonds is 7. The Kier molecular flexibility index (Phi) is 6.36. The van der Waals surface area contributed by atoms with Gasteiger partial charge in [0.05, 0.1) is 12.7 Å². The Bertz CT molecular complexity index is 622. The lowest BCUT2D eigenvalue weighted by molar-refractivity contribution is -0.143. The van der Waals surface area contributed by atoms with Gasteiger partial charge in [-0.15, -0.1) is 0 Å². The highest BCUT2D eigenvalue weighted by molar-refractivity contribution is 5.69. The Labute approximate surface area is 137 Å². The van der Waals surface area contributed by atoms with Gasteiger partial charge in [0.1, 0.15) is 0 Å². The number of carbonyl (C=O) groups is 1. The maximum Gasteiger partial charge on any atom is 0.305 e. The third-order valence-corrected chi connectivity index (χ3v) is 4.01. The molecule has 0 aliphatic carbocycles. The molecule has 2 rings (SSSR count). The Hall–Kier alpha value is -2.13. The predicted molar refractivity (Wildman–Crippen MR) is 91.9 cm³/mol. The van der Waals surface area contributed by atoms with Crippen LogP contribution in [0.15, 0.2) is 54.6 Å². The van der Waals surface area contributed by atoms with Crippen LogP contribution in [0.4, 0.5) is 0 Å². The summed E-state index contributed by atoms with van der Waals surface area (Å²) < 4.78 is 4.95. The largest absolute Gasteiger partial charge is 0.466 e. The molecule has 0 aliphatic heterocycles. The van der Waals surface area contributed by atoms with Crippen molar-refractivity contribution in [2.24, 2.45) is 5.92 Å². The molecule has 0 fully saturated rings. The molecular weight excluding hydrogens is 288 g/mol. The minimum Gasteiger partial charge on any atom is -0.466 e. The second-order valence-electron chi connectivity index (χ2n) is 5.72. The van der Waals surface area contributed by atoms with Crippen molar-refractivity contribution in [3.05, 3.63) is 60.2 Å². The first kappa shape index (κ1) is 17.2. The lowest BCUT2D eigenvalue weighted by Crippen LogP contribution is -2.13. The molecule has 2 atom stereocenters. The number of benzene rings is 2. The third kappa shape index (κ3) is 4.67. The van der Waals surface area contributed by atoms with Crippen molar-refractivity contribution in [2.45, 2.75) is 32.8 Å². The van der Waals surface area contributed by atoms with Crippen LogP contribution in [0, 0.1) is 5.92 Å². The van der Waals surface area contributed by atoms with Crippen molar-refractivity contribution < 1.29 is 14.6 Å². The van der Waals surface area contributed by atoms with E-state index in [-0.39, 0.29) is 11.9 Å². The monoisotopic (exact) mass is 312 g/mol. The quantitative estimate of drug-likeness (QED) is 0.772. The number of hydrogen-bond donors (Lipinski definition) is 1. The summed E-state index contributed by atoms with van der Waals surface area (Å²) in [5, 5.41) is 10.7. The number of aliphatic hydroxyl groups is 1. The number of carbonyl (C=O) groups excluding carboxylic acids is 1. The standard InChI is InChI=1S/C20H24O3/c1-3-23-19(21)14-13-15(2)20(22)18-12-8-7-11-17(18)16-9-5-4-6-10-16/h4-12,15,20,22H,3,13-14H2,1-2H3. The van der Waals surface area contributed by atoms with E-state index in [0.717, 1.165) is 16.7 Å². The molecule has 2 unspecified atom stereocenters. The van der Waals surface area contributed by atoms with Crippen LogP contribution in [0.2, 0.25) is 0 Å². The van der Waals surface area contributed by atoms with Crippen molar-refractivity contribution in [3.63, 3.8) is 0 Å². The normalized spacial score (nSPS) is 13.3. The van der Waals surface area contributed by atoms with Gasteiger partial charge in [-0.2, -0.15) is 0 Å². The van der Waals surface area contributed by atoms with Gasteiger partial charge in [-0.3, -0.25) is 4.79 Å². The van der Waals surface area contributed by atoms with Crippen molar-refractivity contribution in [2.75, 3.05) is 6.61 Å². The van der Waals surface area contributed by atoms with Crippen molar-refractivity contribution in [1.29, 1.82) is 0 Å². The van der Waals surface area contributed by atoms with Crippen LogP contribution < -0.4 is 0 Å². The first-order valence-electron chi connectivity index (χ1n) is 8.11. The molecule has 0 saturated carbocycles. The molecule has 122 valence electrons. The van der Waals surface area contributed by atoms with Gasteiger partial charge in [-0.05, 0) is 36.0 Å². The molecule has 0 saturated heterocycles. The van der Waals surface area contributed by atoms with E-state index in [4.69, 9.17) is 4.74 Å². The van der Waals surface area contributed by atoms with Gasteiger partial charge in [-0.1, -0.05) is 61.5 Å². The summed E-state index contributed by atoms with van der Waals surface area (Å²) in [6, 6.07) is 17.9. The zero-order valence-corrected chi connectivity index (χ0v) is 13.7. The fourth-order valence-corrected chi connectivity index (χ4v) is 2.68. The van der Waals surface area contributed by atoms with Crippen molar-refractivity contribution in [1.82, 2.24) is 0 Å². The molecule has 2 aromatic rings. The van der Waals surface area contributed by atoms with Gasteiger partial charge in [0.2, 0.25) is 0 Å². The molecule has 0 bridgehead atoms. The molecule has 0 radical (unpaired) electrons. The van der Waals surface area contributed by atoms with Crippen LogP contribution in [0.1, 0.15) is 38.4 Å². The summed E-state index contributed by atoms with van der Waals surface area (Å²) in [4.78, 5) is 11.5. The van der Waals surface area contributed by atoms with Gasteiger partial charge >= 0.3 is 5.97 Å². The van der Waals surface area contributed by atoms with E-state index in [1.807, 2.05) is 61.5 Å². The van der Waals surface area contributed by atoms with Crippen LogP contribution in [0.3, 0.4) is 0 Å². The van der Waals surface area contributed by atoms with Crippen molar-refractivity contribution >= 4 is 5.97 Å². The SMILES string of the molecule is CCOC(=O)CCC(C)C(O)c1ccccc1-c1ccccc1. The third-order valence-electron chi connectivity index (χ3n) is 4.01. The zero-order valence-electron chi connectivity index (χ0n) is 13.7. The molecule has 0 aromatic heterocycles. The van der Waals surface area contributed by atoms with Gasteiger partial charge in [0, 0.05) is 6.42 Å². The average molecular weight is 312 g/mol. The van der Waals surface area contributed by atoms with E-state index in [1.54, 1.807) is 6.92 Å². The number of ether oxygens (including phenoxy) is 1. The van der Waals surface area contributed by atoms with E-state index in [1.165, 1.54) is 0 Å². The zero-order chi connectivity index (χ0) is 16.7. The fourth-order valence-electron chi connectivity index (χ4n) is 2.68. The van der Waals surface area contributed by atoms with Crippen LogP contribution in [-0.4, -0.2) is 17.7 Å². The van der Waals surface area contributed by atoms with Gasteiger partial charge in [0.25, 0.3) is 0 Å². The number of esters is 1. The second kappa shape index (κ2) is 8.49. The molecule has 3 heteroatoms. The lowest BCUT2D eigenvalue weighted by atomic mass is 9.88. The molecule has 23 heavy (non-hydrogen) atoms. The van der Waals surface area contributed by atoms with Gasteiger partial charge in [-0.25, -0.2) is 0 Å². The van der Waals surface area contributed by atoms with Gasteiger partial charge in [0.15, 0.2) is 0 Å². The molecule has 1 N–H and O–H groups in total. The highest BCUT2D eigenvalue weighted by Gasteiger charge is 2.20. The number of hydrogen-bond acceptors (Lipinski definition) is 3. The molecule has 0 heterocycles. The Morgan fingerprint density at radius 3 is 2.43 bits per heavy atom. The predicted octanol–water partition coefficient (Wildman–Crippen LogP) is 4.37. The molecular formula is C20H24O3. The first-order chi connectivity index (χ1) is 11.1.